The predicted octanol–water partition coefficient (Wildman–Crippen LogP) is 3.76. The van der Waals surface area contributed by atoms with Gasteiger partial charge in [0.1, 0.15) is 5.75 Å². The lowest BCUT2D eigenvalue weighted by atomic mass is 9.81. The quantitative estimate of drug-likeness (QED) is 0.879. The Morgan fingerprint density at radius 1 is 1.25 bits per heavy atom. The summed E-state index contributed by atoms with van der Waals surface area (Å²) in [5.74, 6) is 0.874. The fourth-order valence-corrected chi connectivity index (χ4v) is 3.68. The van der Waals surface area contributed by atoms with Crippen molar-refractivity contribution in [1.82, 2.24) is 10.6 Å². The van der Waals surface area contributed by atoms with Crippen LogP contribution in [0.25, 0.3) is 10.8 Å². The van der Waals surface area contributed by atoms with Crippen LogP contribution in [-0.2, 0) is 11.8 Å². The van der Waals surface area contributed by atoms with Gasteiger partial charge >= 0.3 is 6.03 Å². The standard InChI is InChI=1S/C20H26N2O2/c1-4-11-21-19(23)22-13-20(2)10-9-15-6-5-14-7-8-16(24-3)12-17(14)18(15)20/h5-8,12H,4,9-11,13H2,1-3H3,(H2,21,22,23). The third kappa shape index (κ3) is 3.05. The molecule has 0 spiro atoms. The van der Waals surface area contributed by atoms with Gasteiger partial charge in [-0.2, -0.15) is 0 Å². The van der Waals surface area contributed by atoms with Gasteiger partial charge in [0, 0.05) is 18.5 Å². The minimum Gasteiger partial charge on any atom is -0.497 e. The van der Waals surface area contributed by atoms with Gasteiger partial charge in [0.15, 0.2) is 0 Å². The molecule has 0 radical (unpaired) electrons. The summed E-state index contributed by atoms with van der Waals surface area (Å²) >= 11 is 0. The fraction of sp³-hybridized carbons (Fsp3) is 0.450. The lowest BCUT2D eigenvalue weighted by molar-refractivity contribution is 0.238. The van der Waals surface area contributed by atoms with Crippen LogP contribution in [0.2, 0.25) is 0 Å². The number of fused-ring (bicyclic) bond motifs is 3. The number of aryl methyl sites for hydroxylation is 1. The van der Waals surface area contributed by atoms with Gasteiger partial charge in [0.05, 0.1) is 7.11 Å². The van der Waals surface area contributed by atoms with Crippen molar-refractivity contribution in [2.24, 2.45) is 0 Å². The Bertz CT molecular complexity index is 757. The van der Waals surface area contributed by atoms with Crippen LogP contribution in [0.5, 0.6) is 5.75 Å². The van der Waals surface area contributed by atoms with E-state index < -0.39 is 0 Å². The molecule has 4 heteroatoms. The van der Waals surface area contributed by atoms with Crippen LogP contribution >= 0.6 is 0 Å². The summed E-state index contributed by atoms with van der Waals surface area (Å²) < 4.78 is 5.41. The summed E-state index contributed by atoms with van der Waals surface area (Å²) in [7, 11) is 1.70. The van der Waals surface area contributed by atoms with Crippen molar-refractivity contribution < 1.29 is 9.53 Å². The summed E-state index contributed by atoms with van der Waals surface area (Å²) in [6.07, 6.45) is 3.04. The number of amides is 2. The minimum absolute atomic E-state index is 0.0508. The highest BCUT2D eigenvalue weighted by atomic mass is 16.5. The van der Waals surface area contributed by atoms with E-state index in [0.717, 1.165) is 25.0 Å². The highest BCUT2D eigenvalue weighted by molar-refractivity contribution is 5.90. The van der Waals surface area contributed by atoms with E-state index in [9.17, 15) is 4.79 Å². The second-order valence-electron chi connectivity index (χ2n) is 6.86. The van der Waals surface area contributed by atoms with Crippen LogP contribution in [0.15, 0.2) is 30.3 Å². The molecule has 1 aliphatic carbocycles. The van der Waals surface area contributed by atoms with Gasteiger partial charge in [-0.3, -0.25) is 0 Å². The average molecular weight is 326 g/mol. The molecule has 1 unspecified atom stereocenters. The molecule has 2 N–H and O–H groups in total. The Hall–Kier alpha value is -2.23. The largest absolute Gasteiger partial charge is 0.497 e. The Kier molecular flexibility index (Phi) is 4.65. The number of hydrogen-bond donors (Lipinski definition) is 2. The van der Waals surface area contributed by atoms with Crippen LogP contribution < -0.4 is 15.4 Å². The van der Waals surface area contributed by atoms with Gasteiger partial charge in [-0.25, -0.2) is 4.79 Å². The first-order valence-corrected chi connectivity index (χ1v) is 8.69. The van der Waals surface area contributed by atoms with E-state index in [-0.39, 0.29) is 11.4 Å². The van der Waals surface area contributed by atoms with Gasteiger partial charge in [0.2, 0.25) is 0 Å². The lowest BCUT2D eigenvalue weighted by Gasteiger charge is -2.27. The Morgan fingerprint density at radius 2 is 2.04 bits per heavy atom. The normalized spacial score (nSPS) is 19.1. The molecule has 2 aromatic rings. The van der Waals surface area contributed by atoms with Gasteiger partial charge in [-0.1, -0.05) is 32.0 Å². The molecule has 2 aromatic carbocycles. The third-order valence-corrected chi connectivity index (χ3v) is 5.04. The fourth-order valence-electron chi connectivity index (χ4n) is 3.68. The zero-order valence-corrected chi connectivity index (χ0v) is 14.7. The van der Waals surface area contributed by atoms with Crippen molar-refractivity contribution in [3.05, 3.63) is 41.5 Å². The molecule has 3 rings (SSSR count). The van der Waals surface area contributed by atoms with E-state index in [2.05, 4.69) is 41.8 Å². The summed E-state index contributed by atoms with van der Waals surface area (Å²) in [6.45, 7) is 5.65. The SMILES string of the molecule is CCCNC(=O)NCC1(C)CCc2ccc3ccc(OC)cc3c21. The Balaban J connectivity index is 1.91. The van der Waals surface area contributed by atoms with Crippen LogP contribution in [0.4, 0.5) is 4.79 Å². The van der Waals surface area contributed by atoms with Crippen molar-refractivity contribution in [1.29, 1.82) is 0 Å². The molecule has 1 atom stereocenters. The van der Waals surface area contributed by atoms with E-state index in [0.29, 0.717) is 13.1 Å². The van der Waals surface area contributed by atoms with Crippen molar-refractivity contribution in [2.45, 2.75) is 38.5 Å². The molecule has 0 bridgehead atoms. The second-order valence-corrected chi connectivity index (χ2v) is 6.86. The molecule has 128 valence electrons. The molecular weight excluding hydrogens is 300 g/mol. The molecule has 0 heterocycles. The number of ether oxygens (including phenoxy) is 1. The highest BCUT2D eigenvalue weighted by Gasteiger charge is 2.36. The zero-order valence-electron chi connectivity index (χ0n) is 14.7. The van der Waals surface area contributed by atoms with E-state index in [1.165, 1.54) is 21.9 Å². The zero-order chi connectivity index (χ0) is 17.2. The maximum Gasteiger partial charge on any atom is 0.314 e. The lowest BCUT2D eigenvalue weighted by Crippen LogP contribution is -2.42. The number of methoxy groups -OCH3 is 1. The number of benzene rings is 2. The number of rotatable bonds is 5. The first-order chi connectivity index (χ1) is 11.6. The molecule has 0 saturated heterocycles. The molecule has 0 aliphatic heterocycles. The van der Waals surface area contributed by atoms with Crippen molar-refractivity contribution in [3.8, 4) is 5.75 Å². The molecule has 0 saturated carbocycles. The van der Waals surface area contributed by atoms with Gasteiger partial charge in [-0.05, 0) is 53.3 Å². The molecule has 24 heavy (non-hydrogen) atoms. The highest BCUT2D eigenvalue weighted by Crippen LogP contribution is 2.43. The van der Waals surface area contributed by atoms with E-state index in [1.807, 2.05) is 13.0 Å². The van der Waals surface area contributed by atoms with E-state index in [1.54, 1.807) is 7.11 Å². The summed E-state index contributed by atoms with van der Waals surface area (Å²) in [6, 6.07) is 10.6. The van der Waals surface area contributed by atoms with E-state index in [4.69, 9.17) is 4.74 Å². The van der Waals surface area contributed by atoms with Crippen molar-refractivity contribution >= 4 is 16.8 Å². The van der Waals surface area contributed by atoms with Crippen LogP contribution in [0.3, 0.4) is 0 Å². The second kappa shape index (κ2) is 6.71. The number of carbonyl (C=O) groups excluding carboxylic acids is 1. The summed E-state index contributed by atoms with van der Waals surface area (Å²) in [5.41, 5.74) is 2.69. The van der Waals surface area contributed by atoms with Crippen LogP contribution in [-0.4, -0.2) is 26.2 Å². The van der Waals surface area contributed by atoms with Crippen molar-refractivity contribution in [3.63, 3.8) is 0 Å². The molecule has 0 aromatic heterocycles. The first-order valence-electron chi connectivity index (χ1n) is 8.69. The molecule has 4 nitrogen and oxygen atoms in total. The minimum atomic E-state index is -0.0793. The maximum absolute atomic E-state index is 11.9. The van der Waals surface area contributed by atoms with Gasteiger partial charge < -0.3 is 15.4 Å². The topological polar surface area (TPSA) is 50.4 Å². The number of carbonyl (C=O) groups is 1. The van der Waals surface area contributed by atoms with E-state index >= 15 is 0 Å². The number of hydrogen-bond acceptors (Lipinski definition) is 2. The number of nitrogens with one attached hydrogen (secondary N) is 2. The third-order valence-electron chi connectivity index (χ3n) is 5.04. The summed E-state index contributed by atoms with van der Waals surface area (Å²) in [4.78, 5) is 11.9. The average Bonchev–Trinajstić information content (AvgIpc) is 2.95. The number of urea groups is 1. The van der Waals surface area contributed by atoms with Gasteiger partial charge in [-0.15, -0.1) is 0 Å². The maximum atomic E-state index is 11.9. The molecule has 2 amide bonds. The Morgan fingerprint density at radius 3 is 2.79 bits per heavy atom. The molecular formula is C20H26N2O2. The molecule has 1 aliphatic rings. The van der Waals surface area contributed by atoms with Crippen LogP contribution in [0.1, 0.15) is 37.8 Å². The van der Waals surface area contributed by atoms with Crippen molar-refractivity contribution in [2.75, 3.05) is 20.2 Å². The first kappa shape index (κ1) is 16.6. The van der Waals surface area contributed by atoms with Gasteiger partial charge in [0.25, 0.3) is 0 Å². The monoisotopic (exact) mass is 326 g/mol. The van der Waals surface area contributed by atoms with Crippen LogP contribution in [0, 0.1) is 0 Å². The smallest absolute Gasteiger partial charge is 0.314 e. The predicted molar refractivity (Wildman–Crippen MR) is 97.9 cm³/mol. The molecule has 0 fully saturated rings. The summed E-state index contributed by atoms with van der Waals surface area (Å²) in [5, 5.41) is 8.39. The Labute approximate surface area is 143 Å².